The number of aryl methyl sites for hydroxylation is 1. The SMILES string of the molecule is O=C(CCc1ncc2ccccn12)N1CCN(c2ccc(F)cc2)CC1. The van der Waals surface area contributed by atoms with Crippen molar-refractivity contribution in [3.05, 3.63) is 66.5 Å². The van der Waals surface area contributed by atoms with E-state index in [1.807, 2.05) is 39.9 Å². The molecule has 1 aliphatic heterocycles. The van der Waals surface area contributed by atoms with E-state index in [2.05, 4.69) is 9.88 Å². The Kier molecular flexibility index (Phi) is 4.56. The van der Waals surface area contributed by atoms with Crippen molar-refractivity contribution in [1.29, 1.82) is 0 Å². The molecular weight excluding hydrogens is 331 g/mol. The molecule has 3 aromatic rings. The maximum Gasteiger partial charge on any atom is 0.223 e. The fourth-order valence-corrected chi connectivity index (χ4v) is 3.43. The van der Waals surface area contributed by atoms with Gasteiger partial charge in [-0.15, -0.1) is 0 Å². The quantitative estimate of drug-likeness (QED) is 0.725. The van der Waals surface area contributed by atoms with Crippen LogP contribution in [0.4, 0.5) is 10.1 Å². The minimum atomic E-state index is -0.228. The summed E-state index contributed by atoms with van der Waals surface area (Å²) in [5, 5.41) is 0. The first kappa shape index (κ1) is 16.6. The number of nitrogens with zero attached hydrogens (tertiary/aromatic N) is 4. The zero-order chi connectivity index (χ0) is 17.9. The predicted octanol–water partition coefficient (Wildman–Crippen LogP) is 2.75. The normalized spacial score (nSPS) is 14.8. The average molecular weight is 352 g/mol. The highest BCUT2D eigenvalue weighted by Crippen LogP contribution is 2.17. The Morgan fingerprint density at radius 3 is 2.58 bits per heavy atom. The van der Waals surface area contributed by atoms with Gasteiger partial charge in [-0.1, -0.05) is 6.07 Å². The number of anilines is 1. The van der Waals surface area contributed by atoms with E-state index in [1.165, 1.54) is 12.1 Å². The lowest BCUT2D eigenvalue weighted by atomic mass is 10.2. The lowest BCUT2D eigenvalue weighted by Crippen LogP contribution is -2.48. The zero-order valence-electron chi connectivity index (χ0n) is 14.5. The smallest absolute Gasteiger partial charge is 0.223 e. The largest absolute Gasteiger partial charge is 0.368 e. The number of imidazole rings is 1. The molecule has 0 atom stereocenters. The Morgan fingerprint density at radius 1 is 1.04 bits per heavy atom. The average Bonchev–Trinajstić information content (AvgIpc) is 3.10. The van der Waals surface area contributed by atoms with Gasteiger partial charge in [0.2, 0.25) is 5.91 Å². The Morgan fingerprint density at radius 2 is 1.81 bits per heavy atom. The summed E-state index contributed by atoms with van der Waals surface area (Å²) in [7, 11) is 0. The molecule has 1 amide bonds. The van der Waals surface area contributed by atoms with E-state index >= 15 is 0 Å². The van der Waals surface area contributed by atoms with E-state index in [4.69, 9.17) is 0 Å². The molecule has 2 aromatic heterocycles. The van der Waals surface area contributed by atoms with Crippen LogP contribution >= 0.6 is 0 Å². The molecule has 4 rings (SSSR count). The summed E-state index contributed by atoms with van der Waals surface area (Å²) in [5.41, 5.74) is 2.05. The van der Waals surface area contributed by atoms with Gasteiger partial charge < -0.3 is 14.2 Å². The lowest BCUT2D eigenvalue weighted by Gasteiger charge is -2.36. The van der Waals surface area contributed by atoms with E-state index in [-0.39, 0.29) is 11.7 Å². The Labute approximate surface area is 151 Å². The number of benzene rings is 1. The van der Waals surface area contributed by atoms with E-state index in [1.54, 1.807) is 12.1 Å². The highest BCUT2D eigenvalue weighted by atomic mass is 19.1. The van der Waals surface area contributed by atoms with Gasteiger partial charge in [-0.25, -0.2) is 9.37 Å². The van der Waals surface area contributed by atoms with Crippen molar-refractivity contribution in [3.63, 3.8) is 0 Å². The fraction of sp³-hybridized carbons (Fsp3) is 0.300. The van der Waals surface area contributed by atoms with Crippen molar-refractivity contribution < 1.29 is 9.18 Å². The molecule has 1 fully saturated rings. The van der Waals surface area contributed by atoms with Gasteiger partial charge in [0.1, 0.15) is 11.6 Å². The molecule has 0 aliphatic carbocycles. The van der Waals surface area contributed by atoms with Gasteiger partial charge >= 0.3 is 0 Å². The van der Waals surface area contributed by atoms with E-state index in [9.17, 15) is 9.18 Å². The molecule has 1 saturated heterocycles. The molecule has 0 N–H and O–H groups in total. The molecule has 0 spiro atoms. The summed E-state index contributed by atoms with van der Waals surface area (Å²) in [6, 6.07) is 12.5. The van der Waals surface area contributed by atoms with E-state index < -0.39 is 0 Å². The Bertz CT molecular complexity index is 898. The van der Waals surface area contributed by atoms with Crippen molar-refractivity contribution in [1.82, 2.24) is 14.3 Å². The molecule has 5 nitrogen and oxygen atoms in total. The van der Waals surface area contributed by atoms with Crippen LogP contribution in [0, 0.1) is 5.82 Å². The number of rotatable bonds is 4. The zero-order valence-corrected chi connectivity index (χ0v) is 14.5. The summed E-state index contributed by atoms with van der Waals surface area (Å²) in [4.78, 5) is 21.1. The van der Waals surface area contributed by atoms with Gasteiger partial charge in [0.05, 0.1) is 11.7 Å². The number of aromatic nitrogens is 2. The monoisotopic (exact) mass is 352 g/mol. The van der Waals surface area contributed by atoms with Crippen LogP contribution in [-0.2, 0) is 11.2 Å². The lowest BCUT2D eigenvalue weighted by molar-refractivity contribution is -0.131. The van der Waals surface area contributed by atoms with Crippen LogP contribution in [0.1, 0.15) is 12.2 Å². The number of halogens is 1. The second kappa shape index (κ2) is 7.15. The molecule has 0 radical (unpaired) electrons. The maximum atomic E-state index is 13.0. The van der Waals surface area contributed by atoms with Gasteiger partial charge in [0.25, 0.3) is 0 Å². The van der Waals surface area contributed by atoms with Gasteiger partial charge in [0.15, 0.2) is 0 Å². The van der Waals surface area contributed by atoms with Crippen molar-refractivity contribution >= 4 is 17.1 Å². The first-order valence-corrected chi connectivity index (χ1v) is 8.90. The summed E-state index contributed by atoms with van der Waals surface area (Å²) < 4.78 is 15.1. The number of carbonyl (C=O) groups is 1. The topological polar surface area (TPSA) is 40.9 Å². The van der Waals surface area contributed by atoms with Gasteiger partial charge in [-0.3, -0.25) is 4.79 Å². The number of fused-ring (bicyclic) bond motifs is 1. The number of hydrogen-bond donors (Lipinski definition) is 0. The third kappa shape index (κ3) is 3.40. The molecule has 0 bridgehead atoms. The first-order chi connectivity index (χ1) is 12.7. The van der Waals surface area contributed by atoms with Gasteiger partial charge in [-0.2, -0.15) is 0 Å². The van der Waals surface area contributed by atoms with Crippen LogP contribution in [0.5, 0.6) is 0 Å². The molecule has 1 aromatic carbocycles. The predicted molar refractivity (Wildman–Crippen MR) is 98.7 cm³/mol. The summed E-state index contributed by atoms with van der Waals surface area (Å²) >= 11 is 0. The number of hydrogen-bond acceptors (Lipinski definition) is 3. The van der Waals surface area contributed by atoms with Crippen LogP contribution in [0.25, 0.3) is 5.52 Å². The third-order valence-electron chi connectivity index (χ3n) is 4.90. The summed E-state index contributed by atoms with van der Waals surface area (Å²) in [6.45, 7) is 2.92. The summed E-state index contributed by atoms with van der Waals surface area (Å²) in [6.07, 6.45) is 4.91. The second-order valence-electron chi connectivity index (χ2n) is 6.51. The van der Waals surface area contributed by atoms with Crippen molar-refractivity contribution in [2.24, 2.45) is 0 Å². The molecule has 1 aliphatic rings. The van der Waals surface area contributed by atoms with Crippen LogP contribution in [0.2, 0.25) is 0 Å². The number of pyridine rings is 1. The minimum absolute atomic E-state index is 0.163. The number of piperazine rings is 1. The molecule has 134 valence electrons. The second-order valence-corrected chi connectivity index (χ2v) is 6.51. The Balaban J connectivity index is 1.31. The van der Waals surface area contributed by atoms with Crippen molar-refractivity contribution in [2.45, 2.75) is 12.8 Å². The molecule has 0 unspecified atom stereocenters. The van der Waals surface area contributed by atoms with Crippen molar-refractivity contribution in [2.75, 3.05) is 31.1 Å². The number of amides is 1. The van der Waals surface area contributed by atoms with Crippen LogP contribution in [-0.4, -0.2) is 46.4 Å². The van der Waals surface area contributed by atoms with E-state index in [0.29, 0.717) is 25.9 Å². The highest BCUT2D eigenvalue weighted by molar-refractivity contribution is 5.76. The van der Waals surface area contributed by atoms with Crippen molar-refractivity contribution in [3.8, 4) is 0 Å². The van der Waals surface area contributed by atoms with Crippen LogP contribution < -0.4 is 4.90 Å². The molecule has 3 heterocycles. The molecular formula is C20H21FN4O. The van der Waals surface area contributed by atoms with E-state index in [0.717, 1.165) is 30.1 Å². The molecule has 6 heteroatoms. The summed E-state index contributed by atoms with van der Waals surface area (Å²) in [5.74, 6) is 0.851. The van der Waals surface area contributed by atoms with Crippen LogP contribution in [0.3, 0.4) is 0 Å². The third-order valence-corrected chi connectivity index (χ3v) is 4.90. The molecule has 0 saturated carbocycles. The van der Waals surface area contributed by atoms with Gasteiger partial charge in [-0.05, 0) is 36.4 Å². The standard InChI is InChI=1S/C20H21FN4O/c21-16-4-6-17(7-5-16)23-11-13-24(14-12-23)20(26)9-8-19-22-15-18-3-1-2-10-25(18)19/h1-7,10,15H,8-9,11-14H2. The highest BCUT2D eigenvalue weighted by Gasteiger charge is 2.21. The number of carbonyl (C=O) groups excluding carboxylic acids is 1. The Hall–Kier alpha value is -2.89. The fourth-order valence-electron chi connectivity index (χ4n) is 3.43. The maximum absolute atomic E-state index is 13.0. The van der Waals surface area contributed by atoms with Crippen LogP contribution in [0.15, 0.2) is 54.9 Å². The molecule has 26 heavy (non-hydrogen) atoms. The minimum Gasteiger partial charge on any atom is -0.368 e. The van der Waals surface area contributed by atoms with Gasteiger partial charge in [0, 0.05) is 50.9 Å². The first-order valence-electron chi connectivity index (χ1n) is 8.90.